The first-order chi connectivity index (χ1) is 25.9. The van der Waals surface area contributed by atoms with E-state index in [1.165, 1.54) is 25.7 Å². The summed E-state index contributed by atoms with van der Waals surface area (Å²) in [4.78, 5) is 36.3. The standard InChI is InChI=1S/C46H74N2O5/c1-3-5-7-9-11-13-14-15-16-17-18-19-20-21-22-24-26-28-34-40-45(50)53-42(36-31-27-25-23-12-10-8-6-4-2)37-32-29-30-33-39-44(49)48-43(46(51)52)38-35-41-47/h5,7,11,13,15-16,18-19,21-23,25-26,28,31,36,42-43H,3-4,6,8-10,12,14,17,20,24,27,29-30,32-35,37-41,47H2,1-2H3,(H,48,49)(H,51,52)/b7-5-,13-11-,16-15-,19-18-,22-21-,25-23-,28-26-,36-31-. The van der Waals surface area contributed by atoms with E-state index in [0.29, 0.717) is 45.1 Å². The van der Waals surface area contributed by atoms with Crippen LogP contribution in [-0.2, 0) is 19.1 Å². The summed E-state index contributed by atoms with van der Waals surface area (Å²) in [6.45, 7) is 4.76. The third-order valence-corrected chi connectivity index (χ3v) is 8.38. The van der Waals surface area contributed by atoms with Crippen LogP contribution in [0, 0.1) is 0 Å². The molecular weight excluding hydrogens is 661 g/mol. The molecular formula is C46H74N2O5. The number of allylic oxidation sites excluding steroid dienone is 15. The van der Waals surface area contributed by atoms with Crippen LogP contribution >= 0.6 is 0 Å². The molecule has 0 aliphatic carbocycles. The lowest BCUT2D eigenvalue weighted by atomic mass is 10.1. The van der Waals surface area contributed by atoms with Gasteiger partial charge in [-0.25, -0.2) is 4.79 Å². The second-order valence-corrected chi connectivity index (χ2v) is 13.3. The predicted molar refractivity (Wildman–Crippen MR) is 225 cm³/mol. The van der Waals surface area contributed by atoms with Crippen LogP contribution in [0.4, 0.5) is 0 Å². The first kappa shape index (κ1) is 49.3. The van der Waals surface area contributed by atoms with Crippen molar-refractivity contribution in [3.05, 3.63) is 97.2 Å². The SMILES string of the molecule is CC/C=C\C/C=C\C/C=C\C/C=C\C/C=C\C/C=C\CCC(=O)OC(/C=C\C/C=C\CCCCCC)CCCCCCC(=O)NC(CCCN)C(=O)O. The molecule has 0 bridgehead atoms. The van der Waals surface area contributed by atoms with Gasteiger partial charge in [0.15, 0.2) is 0 Å². The van der Waals surface area contributed by atoms with E-state index in [1.54, 1.807) is 0 Å². The molecule has 1 amide bonds. The Labute approximate surface area is 323 Å². The number of esters is 1. The zero-order valence-corrected chi connectivity index (χ0v) is 33.3. The van der Waals surface area contributed by atoms with E-state index in [-0.39, 0.29) is 18.0 Å². The molecule has 7 heteroatoms. The molecule has 4 N–H and O–H groups in total. The summed E-state index contributed by atoms with van der Waals surface area (Å²) in [5.74, 6) is -1.46. The Balaban J connectivity index is 4.51. The van der Waals surface area contributed by atoms with Crippen molar-refractivity contribution in [2.24, 2.45) is 5.73 Å². The number of amides is 1. The molecule has 2 unspecified atom stereocenters. The second kappa shape index (κ2) is 39.5. The first-order valence-electron chi connectivity index (χ1n) is 20.6. The van der Waals surface area contributed by atoms with E-state index in [2.05, 4.69) is 104 Å². The summed E-state index contributed by atoms with van der Waals surface area (Å²) in [5.41, 5.74) is 5.47. The van der Waals surface area contributed by atoms with Crippen molar-refractivity contribution >= 4 is 17.8 Å². The summed E-state index contributed by atoms with van der Waals surface area (Å²) in [5, 5.41) is 11.9. The van der Waals surface area contributed by atoms with E-state index in [1.807, 2.05) is 12.2 Å². The van der Waals surface area contributed by atoms with Crippen molar-refractivity contribution in [1.29, 1.82) is 0 Å². The molecule has 0 rings (SSSR count). The van der Waals surface area contributed by atoms with Crippen molar-refractivity contribution in [3.63, 3.8) is 0 Å². The molecule has 0 spiro atoms. The largest absolute Gasteiger partial charge is 0.480 e. The number of nitrogens with one attached hydrogen (secondary N) is 1. The van der Waals surface area contributed by atoms with Crippen LogP contribution in [0.2, 0.25) is 0 Å². The maximum Gasteiger partial charge on any atom is 0.326 e. The van der Waals surface area contributed by atoms with Gasteiger partial charge < -0.3 is 20.9 Å². The maximum atomic E-state index is 12.7. The van der Waals surface area contributed by atoms with Gasteiger partial charge in [-0.2, -0.15) is 0 Å². The average molecular weight is 735 g/mol. The molecule has 2 atom stereocenters. The Morgan fingerprint density at radius 2 is 1.11 bits per heavy atom. The molecule has 0 saturated heterocycles. The molecule has 0 aliphatic rings. The monoisotopic (exact) mass is 735 g/mol. The number of carboxylic acid groups (broad SMARTS) is 1. The Kier molecular flexibility index (Phi) is 36.7. The highest BCUT2D eigenvalue weighted by Gasteiger charge is 2.18. The smallest absolute Gasteiger partial charge is 0.326 e. The number of unbranched alkanes of at least 4 members (excludes halogenated alkanes) is 7. The topological polar surface area (TPSA) is 119 Å². The van der Waals surface area contributed by atoms with Crippen LogP contribution in [0.15, 0.2) is 97.2 Å². The van der Waals surface area contributed by atoms with Gasteiger partial charge in [0.1, 0.15) is 12.1 Å². The Bertz CT molecular complexity index is 1140. The van der Waals surface area contributed by atoms with E-state index in [0.717, 1.165) is 77.0 Å². The zero-order chi connectivity index (χ0) is 38.9. The van der Waals surface area contributed by atoms with Crippen molar-refractivity contribution in [1.82, 2.24) is 5.32 Å². The minimum Gasteiger partial charge on any atom is -0.480 e. The number of carbonyl (C=O) groups excluding carboxylic acids is 2. The first-order valence-corrected chi connectivity index (χ1v) is 20.6. The normalized spacial score (nSPS) is 13.7. The molecule has 0 fully saturated rings. The average Bonchev–Trinajstić information content (AvgIpc) is 3.14. The van der Waals surface area contributed by atoms with Gasteiger partial charge in [0.25, 0.3) is 0 Å². The van der Waals surface area contributed by atoms with Crippen LogP contribution in [0.25, 0.3) is 0 Å². The van der Waals surface area contributed by atoms with Gasteiger partial charge in [-0.05, 0) is 109 Å². The number of hydrogen-bond acceptors (Lipinski definition) is 5. The third kappa shape index (κ3) is 36.4. The van der Waals surface area contributed by atoms with Gasteiger partial charge in [0.2, 0.25) is 5.91 Å². The van der Waals surface area contributed by atoms with Gasteiger partial charge in [0.05, 0.1) is 0 Å². The number of nitrogens with two attached hydrogens (primary N) is 1. The second-order valence-electron chi connectivity index (χ2n) is 13.3. The molecule has 0 aromatic carbocycles. The van der Waals surface area contributed by atoms with Gasteiger partial charge in [0, 0.05) is 12.8 Å². The van der Waals surface area contributed by atoms with Crippen molar-refractivity contribution in [2.75, 3.05) is 6.54 Å². The number of rotatable bonds is 35. The number of carboxylic acids is 1. The van der Waals surface area contributed by atoms with E-state index in [4.69, 9.17) is 10.5 Å². The molecule has 0 heterocycles. The molecule has 0 saturated carbocycles. The van der Waals surface area contributed by atoms with E-state index < -0.39 is 12.0 Å². The van der Waals surface area contributed by atoms with E-state index >= 15 is 0 Å². The van der Waals surface area contributed by atoms with Crippen LogP contribution in [-0.4, -0.2) is 41.6 Å². The minimum absolute atomic E-state index is 0.190. The lowest BCUT2D eigenvalue weighted by Crippen LogP contribution is -2.40. The van der Waals surface area contributed by atoms with E-state index in [9.17, 15) is 19.5 Å². The molecule has 0 aromatic rings. The highest BCUT2D eigenvalue weighted by molar-refractivity contribution is 5.83. The molecule has 0 radical (unpaired) electrons. The summed E-state index contributed by atoms with van der Waals surface area (Å²) in [6, 6.07) is -0.886. The Hall–Kier alpha value is -3.71. The van der Waals surface area contributed by atoms with Crippen LogP contribution in [0.1, 0.15) is 155 Å². The van der Waals surface area contributed by atoms with Crippen LogP contribution < -0.4 is 11.1 Å². The molecule has 53 heavy (non-hydrogen) atoms. The fraction of sp³-hybridized carbons (Fsp3) is 0.587. The number of aliphatic carboxylic acids is 1. The fourth-order valence-electron chi connectivity index (χ4n) is 5.31. The summed E-state index contributed by atoms with van der Waals surface area (Å²) in [6.07, 6.45) is 53.2. The lowest BCUT2D eigenvalue weighted by Gasteiger charge is -2.15. The summed E-state index contributed by atoms with van der Waals surface area (Å²) >= 11 is 0. The highest BCUT2D eigenvalue weighted by Crippen LogP contribution is 2.13. The third-order valence-electron chi connectivity index (χ3n) is 8.38. The van der Waals surface area contributed by atoms with Crippen molar-refractivity contribution in [3.8, 4) is 0 Å². The minimum atomic E-state index is -1.03. The number of ether oxygens (including phenoxy) is 1. The van der Waals surface area contributed by atoms with Crippen molar-refractivity contribution < 1.29 is 24.2 Å². The highest BCUT2D eigenvalue weighted by atomic mass is 16.5. The number of hydrogen-bond donors (Lipinski definition) is 3. The molecule has 7 nitrogen and oxygen atoms in total. The lowest BCUT2D eigenvalue weighted by molar-refractivity contribution is -0.147. The Morgan fingerprint density at radius 1 is 0.585 bits per heavy atom. The van der Waals surface area contributed by atoms with Gasteiger partial charge in [-0.1, -0.05) is 137 Å². The fourth-order valence-corrected chi connectivity index (χ4v) is 5.31. The Morgan fingerprint density at radius 3 is 1.68 bits per heavy atom. The van der Waals surface area contributed by atoms with Gasteiger partial charge in [-0.3, -0.25) is 9.59 Å². The predicted octanol–water partition coefficient (Wildman–Crippen LogP) is 11.5. The summed E-state index contributed by atoms with van der Waals surface area (Å²) in [7, 11) is 0. The quantitative estimate of drug-likeness (QED) is 0.0339. The molecule has 0 aromatic heterocycles. The maximum absolute atomic E-state index is 12.7. The summed E-state index contributed by atoms with van der Waals surface area (Å²) < 4.78 is 5.86. The van der Waals surface area contributed by atoms with Crippen LogP contribution in [0.5, 0.6) is 0 Å². The van der Waals surface area contributed by atoms with Gasteiger partial charge >= 0.3 is 11.9 Å². The van der Waals surface area contributed by atoms with Gasteiger partial charge in [-0.15, -0.1) is 0 Å². The molecule has 298 valence electrons. The zero-order valence-electron chi connectivity index (χ0n) is 33.3. The number of carbonyl (C=O) groups is 3. The van der Waals surface area contributed by atoms with Crippen molar-refractivity contribution in [2.45, 2.75) is 167 Å². The van der Waals surface area contributed by atoms with Crippen LogP contribution in [0.3, 0.4) is 0 Å². The molecule has 0 aliphatic heterocycles.